The smallest absolute Gasteiger partial charge is 0.247 e. The number of hydrogen-bond donors (Lipinski definition) is 3. The van der Waals surface area contributed by atoms with E-state index in [4.69, 9.17) is 11.6 Å². The van der Waals surface area contributed by atoms with Crippen molar-refractivity contribution in [3.8, 4) is 5.75 Å². The van der Waals surface area contributed by atoms with Gasteiger partial charge in [0.25, 0.3) is 0 Å². The molecule has 4 rings (SSSR count). The lowest BCUT2D eigenvalue weighted by Gasteiger charge is -2.45. The van der Waals surface area contributed by atoms with Gasteiger partial charge < -0.3 is 15.7 Å². The molecule has 1 aromatic rings. The zero-order chi connectivity index (χ0) is 23.9. The number of anilines is 1. The van der Waals surface area contributed by atoms with Crippen LogP contribution in [0.25, 0.3) is 0 Å². The van der Waals surface area contributed by atoms with Gasteiger partial charge in [-0.2, -0.15) is 0 Å². The van der Waals surface area contributed by atoms with Crippen LogP contribution in [0.4, 0.5) is 5.69 Å². The van der Waals surface area contributed by atoms with Crippen molar-refractivity contribution in [3.05, 3.63) is 17.2 Å². The predicted molar refractivity (Wildman–Crippen MR) is 126 cm³/mol. The van der Waals surface area contributed by atoms with Crippen LogP contribution in [0.15, 0.2) is 17.0 Å². The van der Waals surface area contributed by atoms with Gasteiger partial charge in [0.2, 0.25) is 21.6 Å². The van der Waals surface area contributed by atoms with Crippen LogP contribution in [0.3, 0.4) is 0 Å². The molecule has 0 aliphatic heterocycles. The summed E-state index contributed by atoms with van der Waals surface area (Å²) in [6.45, 7) is 0. The number of phenols is 1. The monoisotopic (exact) mass is 497 g/mol. The van der Waals surface area contributed by atoms with Gasteiger partial charge in [-0.05, 0) is 49.7 Å². The molecule has 0 amide bonds. The van der Waals surface area contributed by atoms with Crippen molar-refractivity contribution in [2.45, 2.75) is 74.4 Å². The zero-order valence-corrected chi connectivity index (χ0v) is 20.6. The molecule has 0 heterocycles. The Morgan fingerprint density at radius 3 is 2.09 bits per heavy atom. The van der Waals surface area contributed by atoms with E-state index >= 15 is 0 Å². The quantitative estimate of drug-likeness (QED) is 0.373. The van der Waals surface area contributed by atoms with Crippen LogP contribution in [0.1, 0.15) is 51.4 Å². The second kappa shape index (κ2) is 9.52. The lowest BCUT2D eigenvalue weighted by molar-refractivity contribution is -0.146. The molecule has 3 N–H and O–H groups in total. The van der Waals surface area contributed by atoms with E-state index in [1.54, 1.807) is 0 Å². The molecule has 3 unspecified atom stereocenters. The molecule has 3 fully saturated rings. The molecule has 33 heavy (non-hydrogen) atoms. The Hall–Kier alpha value is -1.68. The third kappa shape index (κ3) is 4.52. The van der Waals surface area contributed by atoms with Gasteiger partial charge in [0, 0.05) is 20.1 Å². The lowest BCUT2D eigenvalue weighted by atomic mass is 9.69. The second-order valence-corrected chi connectivity index (χ2v) is 12.2. The van der Waals surface area contributed by atoms with Gasteiger partial charge in [-0.25, -0.2) is 12.7 Å². The molecule has 10 heteroatoms. The Morgan fingerprint density at radius 1 is 0.970 bits per heavy atom. The van der Waals surface area contributed by atoms with Crippen molar-refractivity contribution in [2.24, 2.45) is 11.8 Å². The molecule has 3 aliphatic rings. The van der Waals surface area contributed by atoms with E-state index in [-0.39, 0.29) is 16.8 Å². The summed E-state index contributed by atoms with van der Waals surface area (Å²) in [5, 5.41) is 17.0. The highest BCUT2D eigenvalue weighted by Crippen LogP contribution is 2.41. The van der Waals surface area contributed by atoms with Crippen molar-refractivity contribution < 1.29 is 23.1 Å². The summed E-state index contributed by atoms with van der Waals surface area (Å²) < 4.78 is 26.2. The molecule has 3 atom stereocenters. The van der Waals surface area contributed by atoms with Crippen LogP contribution in [0, 0.1) is 11.8 Å². The fourth-order valence-corrected chi connectivity index (χ4v) is 6.73. The average molecular weight is 498 g/mol. The SMILES string of the molecule is CN(C)S(=O)(=O)c1c(Cl)ccc(NC2C(=O)C(=O)C2NC(C2CCCCC2)C2CCC2)c1O. The van der Waals surface area contributed by atoms with Crippen LogP contribution in [0.2, 0.25) is 5.02 Å². The zero-order valence-electron chi connectivity index (χ0n) is 19.0. The van der Waals surface area contributed by atoms with Gasteiger partial charge in [-0.1, -0.05) is 37.3 Å². The largest absolute Gasteiger partial charge is 0.504 e. The maximum Gasteiger partial charge on any atom is 0.247 e. The maximum atomic E-state index is 12.6. The third-order valence-electron chi connectivity index (χ3n) is 7.46. The lowest BCUT2D eigenvalue weighted by Crippen LogP contribution is -2.70. The van der Waals surface area contributed by atoms with Crippen molar-refractivity contribution in [1.29, 1.82) is 0 Å². The first kappa shape index (κ1) is 24.4. The molecule has 182 valence electrons. The van der Waals surface area contributed by atoms with Crippen LogP contribution in [0.5, 0.6) is 5.75 Å². The summed E-state index contributed by atoms with van der Waals surface area (Å²) >= 11 is 6.08. The van der Waals surface area contributed by atoms with Crippen LogP contribution < -0.4 is 10.6 Å². The van der Waals surface area contributed by atoms with Crippen molar-refractivity contribution in [1.82, 2.24) is 9.62 Å². The van der Waals surface area contributed by atoms with Crippen LogP contribution >= 0.6 is 11.6 Å². The van der Waals surface area contributed by atoms with E-state index in [1.165, 1.54) is 51.9 Å². The maximum absolute atomic E-state index is 12.6. The number of Topliss-reactive ketones (excluding diaryl/α,β-unsaturated/α-hetero) is 2. The minimum absolute atomic E-state index is 0.0512. The molecular weight excluding hydrogens is 466 g/mol. The summed E-state index contributed by atoms with van der Waals surface area (Å²) in [6, 6.07) is 1.39. The number of carbonyl (C=O) groups excluding carboxylic acids is 2. The summed E-state index contributed by atoms with van der Waals surface area (Å²) in [5.41, 5.74) is 0.0512. The van der Waals surface area contributed by atoms with Gasteiger partial charge in [0.05, 0.1) is 10.7 Å². The Bertz CT molecular complexity index is 1030. The number of sulfonamides is 1. The fourth-order valence-electron chi connectivity index (χ4n) is 5.25. The Morgan fingerprint density at radius 2 is 1.55 bits per heavy atom. The second-order valence-electron chi connectivity index (χ2n) is 9.67. The van der Waals surface area contributed by atoms with E-state index in [2.05, 4.69) is 10.6 Å². The number of phenolic OH excluding ortho intramolecular Hbond substituents is 1. The van der Waals surface area contributed by atoms with Crippen molar-refractivity contribution in [2.75, 3.05) is 19.4 Å². The highest BCUT2D eigenvalue weighted by Gasteiger charge is 2.51. The minimum atomic E-state index is -4.02. The molecule has 8 nitrogen and oxygen atoms in total. The number of halogens is 1. The molecule has 0 aromatic heterocycles. The summed E-state index contributed by atoms with van der Waals surface area (Å²) in [4.78, 5) is 24.6. The first-order valence-corrected chi connectivity index (χ1v) is 13.5. The molecule has 0 bridgehead atoms. The standard InChI is InChI=1S/C23H32ClN3O5S/c1-27(2)33(31,32)23-15(24)11-12-16(20(23)28)25-18-19(22(30)21(18)29)26-17(14-9-6-10-14)13-7-4-3-5-8-13/h11-14,17-19,25-26,28H,3-10H2,1-2H3. The number of nitrogens with one attached hydrogen (secondary N) is 2. The molecule has 0 radical (unpaired) electrons. The number of benzene rings is 1. The fraction of sp³-hybridized carbons (Fsp3) is 0.652. The highest BCUT2D eigenvalue weighted by molar-refractivity contribution is 7.89. The topological polar surface area (TPSA) is 116 Å². The van der Waals surface area contributed by atoms with Crippen molar-refractivity contribution >= 4 is 38.9 Å². The molecule has 1 aromatic carbocycles. The Labute approximate surface area is 200 Å². The molecule has 0 spiro atoms. The molecule has 3 aliphatic carbocycles. The van der Waals surface area contributed by atoms with E-state index < -0.39 is 44.3 Å². The van der Waals surface area contributed by atoms with E-state index in [9.17, 15) is 23.1 Å². The first-order chi connectivity index (χ1) is 15.6. The number of hydrogen-bond acceptors (Lipinski definition) is 7. The molecular formula is C23H32ClN3O5S. The Balaban J connectivity index is 1.56. The van der Waals surface area contributed by atoms with E-state index in [0.29, 0.717) is 11.8 Å². The van der Waals surface area contributed by atoms with Gasteiger partial charge in [0.1, 0.15) is 17.0 Å². The van der Waals surface area contributed by atoms with Crippen LogP contribution in [-0.2, 0) is 19.6 Å². The van der Waals surface area contributed by atoms with Crippen LogP contribution in [-0.4, -0.2) is 61.6 Å². The predicted octanol–water partition coefficient (Wildman–Crippen LogP) is 2.94. The molecule has 3 saturated carbocycles. The minimum Gasteiger partial charge on any atom is -0.504 e. The average Bonchev–Trinajstić information content (AvgIpc) is 2.75. The Kier molecular flexibility index (Phi) is 7.05. The van der Waals surface area contributed by atoms with E-state index in [0.717, 1.165) is 30.0 Å². The number of rotatable bonds is 8. The summed E-state index contributed by atoms with van der Waals surface area (Å²) in [7, 11) is -1.34. The van der Waals surface area contributed by atoms with Gasteiger partial charge >= 0.3 is 0 Å². The highest BCUT2D eigenvalue weighted by atomic mass is 35.5. The van der Waals surface area contributed by atoms with E-state index in [1.807, 2.05) is 0 Å². The third-order valence-corrected chi connectivity index (χ3v) is 9.78. The van der Waals surface area contributed by atoms with Gasteiger partial charge in [-0.3, -0.25) is 9.59 Å². The van der Waals surface area contributed by atoms with Gasteiger partial charge in [0.15, 0.2) is 5.75 Å². The number of carbonyl (C=O) groups is 2. The number of nitrogens with zero attached hydrogens (tertiary/aromatic N) is 1. The van der Waals surface area contributed by atoms with Gasteiger partial charge in [-0.15, -0.1) is 0 Å². The molecule has 0 saturated heterocycles. The number of aromatic hydroxyl groups is 1. The first-order valence-electron chi connectivity index (χ1n) is 11.7. The summed E-state index contributed by atoms with van der Waals surface area (Å²) in [5.74, 6) is -0.603. The van der Waals surface area contributed by atoms with Crippen molar-refractivity contribution in [3.63, 3.8) is 0 Å². The normalized spacial score (nSPS) is 25.6. The number of ketones is 2. The summed E-state index contributed by atoms with van der Waals surface area (Å²) in [6.07, 6.45) is 9.34.